The van der Waals surface area contributed by atoms with Gasteiger partial charge in [-0.1, -0.05) is 0 Å². The molecule has 0 bridgehead atoms. The highest BCUT2D eigenvalue weighted by atomic mass is 19.3. The van der Waals surface area contributed by atoms with E-state index in [2.05, 4.69) is 5.32 Å². The molecule has 0 aromatic heterocycles. The highest BCUT2D eigenvalue weighted by Gasteiger charge is 2.28. The molecule has 6 heteroatoms. The van der Waals surface area contributed by atoms with Crippen LogP contribution in [0.5, 0.6) is 17.2 Å². The van der Waals surface area contributed by atoms with Crippen LogP contribution < -0.4 is 19.5 Å². The molecule has 0 aliphatic heterocycles. The van der Waals surface area contributed by atoms with Crippen molar-refractivity contribution in [3.63, 3.8) is 0 Å². The van der Waals surface area contributed by atoms with Crippen molar-refractivity contribution in [3.05, 3.63) is 17.7 Å². The summed E-state index contributed by atoms with van der Waals surface area (Å²) in [6.07, 6.45) is -2.58. The summed E-state index contributed by atoms with van der Waals surface area (Å²) in [6.45, 7) is 0. The second-order valence-corrected chi connectivity index (χ2v) is 3.55. The van der Waals surface area contributed by atoms with Gasteiger partial charge >= 0.3 is 0 Å². The zero-order valence-corrected chi connectivity index (χ0v) is 10.8. The monoisotopic (exact) mass is 261 g/mol. The van der Waals surface area contributed by atoms with Gasteiger partial charge in [-0.25, -0.2) is 8.78 Å². The molecule has 0 aliphatic carbocycles. The molecule has 0 amide bonds. The molecule has 102 valence electrons. The van der Waals surface area contributed by atoms with Crippen molar-refractivity contribution in [2.45, 2.75) is 12.5 Å². The van der Waals surface area contributed by atoms with Gasteiger partial charge in [0.05, 0.1) is 26.9 Å². The van der Waals surface area contributed by atoms with E-state index in [1.807, 2.05) is 0 Å². The van der Waals surface area contributed by atoms with Gasteiger partial charge in [0.1, 0.15) is 23.3 Å². The third kappa shape index (κ3) is 2.81. The molecule has 1 aromatic rings. The number of halogens is 2. The summed E-state index contributed by atoms with van der Waals surface area (Å²) in [5, 5.41) is 2.55. The van der Waals surface area contributed by atoms with Gasteiger partial charge in [-0.3, -0.25) is 0 Å². The minimum atomic E-state index is -2.58. The number of alkyl halides is 2. The van der Waals surface area contributed by atoms with Crippen molar-refractivity contribution < 1.29 is 23.0 Å². The quantitative estimate of drug-likeness (QED) is 0.852. The van der Waals surface area contributed by atoms with E-state index in [1.165, 1.54) is 28.4 Å². The average molecular weight is 261 g/mol. The lowest BCUT2D eigenvalue weighted by molar-refractivity contribution is 0.0994. The Morgan fingerprint density at radius 3 is 1.78 bits per heavy atom. The van der Waals surface area contributed by atoms with Gasteiger partial charge in [0.15, 0.2) is 0 Å². The van der Waals surface area contributed by atoms with Crippen molar-refractivity contribution in [3.8, 4) is 17.2 Å². The zero-order valence-electron chi connectivity index (χ0n) is 10.8. The Balaban J connectivity index is 3.38. The van der Waals surface area contributed by atoms with Crippen molar-refractivity contribution in [1.82, 2.24) is 5.32 Å². The van der Waals surface area contributed by atoms with Crippen molar-refractivity contribution in [2.24, 2.45) is 0 Å². The van der Waals surface area contributed by atoms with Gasteiger partial charge in [0, 0.05) is 12.1 Å². The Bertz CT molecular complexity index is 374. The summed E-state index contributed by atoms with van der Waals surface area (Å²) in [7, 11) is 5.77. The fourth-order valence-electron chi connectivity index (χ4n) is 1.74. The SMILES string of the molecule is CNC(c1c(OC)cc(OC)cc1OC)C(F)F. The van der Waals surface area contributed by atoms with Crippen LogP contribution >= 0.6 is 0 Å². The Hall–Kier alpha value is -1.56. The summed E-state index contributed by atoms with van der Waals surface area (Å²) in [4.78, 5) is 0. The van der Waals surface area contributed by atoms with E-state index < -0.39 is 12.5 Å². The van der Waals surface area contributed by atoms with E-state index in [0.29, 0.717) is 17.2 Å². The summed E-state index contributed by atoms with van der Waals surface area (Å²) >= 11 is 0. The molecule has 1 aromatic carbocycles. The molecule has 1 N–H and O–H groups in total. The van der Waals surface area contributed by atoms with Crippen LogP contribution in [0.4, 0.5) is 8.78 Å². The number of ether oxygens (including phenoxy) is 3. The normalized spacial score (nSPS) is 12.4. The second-order valence-electron chi connectivity index (χ2n) is 3.55. The first-order valence-corrected chi connectivity index (χ1v) is 5.34. The van der Waals surface area contributed by atoms with Crippen molar-refractivity contribution >= 4 is 0 Å². The van der Waals surface area contributed by atoms with Crippen molar-refractivity contribution in [2.75, 3.05) is 28.4 Å². The lowest BCUT2D eigenvalue weighted by atomic mass is 10.0. The predicted octanol–water partition coefficient (Wildman–Crippen LogP) is 2.24. The fraction of sp³-hybridized carbons (Fsp3) is 0.500. The molecule has 0 saturated carbocycles. The first-order valence-electron chi connectivity index (χ1n) is 5.34. The maximum atomic E-state index is 13.0. The van der Waals surface area contributed by atoms with Gasteiger partial charge in [-0.15, -0.1) is 0 Å². The summed E-state index contributed by atoms with van der Waals surface area (Å²) < 4.78 is 41.3. The van der Waals surface area contributed by atoms with E-state index in [1.54, 1.807) is 12.1 Å². The molecule has 0 saturated heterocycles. The van der Waals surface area contributed by atoms with E-state index in [9.17, 15) is 8.78 Å². The second kappa shape index (κ2) is 6.39. The first-order chi connectivity index (χ1) is 8.58. The number of benzene rings is 1. The molecule has 1 unspecified atom stereocenters. The molecular weight excluding hydrogens is 244 g/mol. The Labute approximate surface area is 105 Å². The van der Waals surface area contributed by atoms with Crippen LogP contribution in [0.25, 0.3) is 0 Å². The molecule has 1 rings (SSSR count). The molecule has 1 atom stereocenters. The molecule has 18 heavy (non-hydrogen) atoms. The largest absolute Gasteiger partial charge is 0.496 e. The molecule has 0 spiro atoms. The summed E-state index contributed by atoms with van der Waals surface area (Å²) in [5.41, 5.74) is 0.276. The van der Waals surface area contributed by atoms with E-state index in [0.717, 1.165) is 0 Å². The van der Waals surface area contributed by atoms with E-state index in [4.69, 9.17) is 14.2 Å². The van der Waals surface area contributed by atoms with E-state index >= 15 is 0 Å². The van der Waals surface area contributed by atoms with Gasteiger partial charge in [0.25, 0.3) is 6.43 Å². The average Bonchev–Trinajstić information content (AvgIpc) is 2.38. The van der Waals surface area contributed by atoms with Crippen LogP contribution in [-0.2, 0) is 0 Å². The predicted molar refractivity (Wildman–Crippen MR) is 63.9 cm³/mol. The minimum absolute atomic E-state index is 0.276. The topological polar surface area (TPSA) is 39.7 Å². The Morgan fingerprint density at radius 1 is 1.00 bits per heavy atom. The molecular formula is C12H17F2NO3. The van der Waals surface area contributed by atoms with E-state index in [-0.39, 0.29) is 5.56 Å². The maximum Gasteiger partial charge on any atom is 0.258 e. The number of methoxy groups -OCH3 is 3. The lowest BCUT2D eigenvalue weighted by Gasteiger charge is -2.22. The van der Waals surface area contributed by atoms with Crippen LogP contribution in [0.1, 0.15) is 11.6 Å². The number of hydrogen-bond acceptors (Lipinski definition) is 4. The number of nitrogens with one attached hydrogen (secondary N) is 1. The zero-order chi connectivity index (χ0) is 13.7. The van der Waals surface area contributed by atoms with Crippen LogP contribution in [0.15, 0.2) is 12.1 Å². The van der Waals surface area contributed by atoms with Crippen molar-refractivity contribution in [1.29, 1.82) is 0 Å². The Morgan fingerprint density at radius 2 is 1.50 bits per heavy atom. The third-order valence-electron chi connectivity index (χ3n) is 2.63. The maximum absolute atomic E-state index is 13.0. The first kappa shape index (κ1) is 14.5. The molecule has 0 aliphatic rings. The molecule has 4 nitrogen and oxygen atoms in total. The molecule has 0 radical (unpaired) electrons. The highest BCUT2D eigenvalue weighted by Crippen LogP contribution is 2.40. The Kier molecular flexibility index (Phi) is 5.15. The highest BCUT2D eigenvalue weighted by molar-refractivity contribution is 5.52. The van der Waals surface area contributed by atoms with Crippen LogP contribution in [-0.4, -0.2) is 34.8 Å². The fourth-order valence-corrected chi connectivity index (χ4v) is 1.74. The van der Waals surface area contributed by atoms with Crippen LogP contribution in [0.2, 0.25) is 0 Å². The van der Waals surface area contributed by atoms with Crippen LogP contribution in [0.3, 0.4) is 0 Å². The van der Waals surface area contributed by atoms with Gasteiger partial charge in [-0.05, 0) is 7.05 Å². The number of hydrogen-bond donors (Lipinski definition) is 1. The standard InChI is InChI=1S/C12H17F2NO3/c1-15-11(12(13)14)10-8(17-3)5-7(16-2)6-9(10)18-4/h5-6,11-12,15H,1-4H3. The summed E-state index contributed by atoms with van der Waals surface area (Å²) in [5.74, 6) is 1.08. The molecule has 0 heterocycles. The minimum Gasteiger partial charge on any atom is -0.496 e. The van der Waals surface area contributed by atoms with Gasteiger partial charge in [0.2, 0.25) is 0 Å². The van der Waals surface area contributed by atoms with Crippen LogP contribution in [0, 0.1) is 0 Å². The third-order valence-corrected chi connectivity index (χ3v) is 2.63. The number of rotatable bonds is 6. The molecule has 0 fully saturated rings. The summed E-state index contributed by atoms with van der Waals surface area (Å²) in [6, 6.07) is 1.93. The smallest absolute Gasteiger partial charge is 0.258 e. The lowest BCUT2D eigenvalue weighted by Crippen LogP contribution is -2.24. The van der Waals surface area contributed by atoms with Gasteiger partial charge in [-0.2, -0.15) is 0 Å². The van der Waals surface area contributed by atoms with Gasteiger partial charge < -0.3 is 19.5 Å².